The SMILES string of the molecule is Cc1sc2ncnc(SCC(=O)N[C@H](C)CCC(C)C)c2c1C. The first-order valence-electron chi connectivity index (χ1n) is 8.01. The van der Waals surface area contributed by atoms with Crippen molar-refractivity contribution in [2.24, 2.45) is 5.92 Å². The number of fused-ring (bicyclic) bond motifs is 1. The highest BCUT2D eigenvalue weighted by Gasteiger charge is 2.14. The van der Waals surface area contributed by atoms with Gasteiger partial charge in [-0.1, -0.05) is 25.6 Å². The van der Waals surface area contributed by atoms with E-state index in [0.717, 1.165) is 28.1 Å². The number of hydrogen-bond donors (Lipinski definition) is 1. The van der Waals surface area contributed by atoms with Crippen LogP contribution in [0.4, 0.5) is 0 Å². The van der Waals surface area contributed by atoms with Crippen molar-refractivity contribution in [3.63, 3.8) is 0 Å². The summed E-state index contributed by atoms with van der Waals surface area (Å²) in [4.78, 5) is 23.1. The van der Waals surface area contributed by atoms with E-state index in [0.29, 0.717) is 11.7 Å². The summed E-state index contributed by atoms with van der Waals surface area (Å²) >= 11 is 3.18. The van der Waals surface area contributed by atoms with Crippen LogP contribution >= 0.6 is 23.1 Å². The first-order chi connectivity index (χ1) is 10.9. The van der Waals surface area contributed by atoms with Gasteiger partial charge in [0.1, 0.15) is 16.2 Å². The average Bonchev–Trinajstić information content (AvgIpc) is 2.78. The highest BCUT2D eigenvalue weighted by atomic mass is 32.2. The molecule has 0 radical (unpaired) electrons. The van der Waals surface area contributed by atoms with Gasteiger partial charge < -0.3 is 5.32 Å². The monoisotopic (exact) mass is 351 g/mol. The summed E-state index contributed by atoms with van der Waals surface area (Å²) in [5.41, 5.74) is 1.22. The van der Waals surface area contributed by atoms with Crippen molar-refractivity contribution in [1.29, 1.82) is 0 Å². The molecule has 4 nitrogen and oxygen atoms in total. The molecule has 0 aliphatic rings. The Morgan fingerprint density at radius 2 is 2.00 bits per heavy atom. The molecule has 0 fully saturated rings. The molecule has 23 heavy (non-hydrogen) atoms. The molecule has 0 spiro atoms. The predicted octanol–water partition coefficient (Wildman–Crippen LogP) is 4.34. The lowest BCUT2D eigenvalue weighted by Gasteiger charge is -2.14. The lowest BCUT2D eigenvalue weighted by atomic mass is 10.0. The Morgan fingerprint density at radius 3 is 2.70 bits per heavy atom. The van der Waals surface area contributed by atoms with E-state index in [2.05, 4.69) is 49.9 Å². The molecule has 126 valence electrons. The second-order valence-electron chi connectivity index (χ2n) is 6.37. The van der Waals surface area contributed by atoms with Gasteiger partial charge in [0.05, 0.1) is 5.75 Å². The van der Waals surface area contributed by atoms with Gasteiger partial charge in [-0.15, -0.1) is 11.3 Å². The van der Waals surface area contributed by atoms with Crippen molar-refractivity contribution >= 4 is 39.2 Å². The zero-order valence-corrected chi connectivity index (χ0v) is 16.1. The number of carbonyl (C=O) groups is 1. The van der Waals surface area contributed by atoms with Crippen LogP contribution in [0.25, 0.3) is 10.2 Å². The Labute approximate surface area is 146 Å². The van der Waals surface area contributed by atoms with Crippen molar-refractivity contribution in [2.75, 3.05) is 5.75 Å². The number of nitrogens with one attached hydrogen (secondary N) is 1. The van der Waals surface area contributed by atoms with Gasteiger partial charge in [-0.05, 0) is 45.1 Å². The molecule has 1 amide bonds. The van der Waals surface area contributed by atoms with Crippen molar-refractivity contribution in [2.45, 2.75) is 58.5 Å². The van der Waals surface area contributed by atoms with Crippen molar-refractivity contribution in [3.05, 3.63) is 16.8 Å². The number of aromatic nitrogens is 2. The van der Waals surface area contributed by atoms with Crippen LogP contribution < -0.4 is 5.32 Å². The fraction of sp³-hybridized carbons (Fsp3) is 0.588. The summed E-state index contributed by atoms with van der Waals surface area (Å²) in [6.45, 7) is 10.7. The Bertz CT molecular complexity index is 682. The van der Waals surface area contributed by atoms with Gasteiger partial charge in [-0.2, -0.15) is 0 Å². The Kier molecular flexibility index (Phi) is 6.41. The second-order valence-corrected chi connectivity index (χ2v) is 8.54. The normalized spacial score (nSPS) is 12.8. The van der Waals surface area contributed by atoms with Gasteiger partial charge in [-0.25, -0.2) is 9.97 Å². The van der Waals surface area contributed by atoms with Gasteiger partial charge in [0.15, 0.2) is 0 Å². The maximum absolute atomic E-state index is 12.1. The summed E-state index contributed by atoms with van der Waals surface area (Å²) in [5, 5.41) is 5.08. The maximum atomic E-state index is 12.1. The quantitative estimate of drug-likeness (QED) is 0.595. The molecule has 0 aromatic carbocycles. The third-order valence-electron chi connectivity index (χ3n) is 3.85. The zero-order valence-electron chi connectivity index (χ0n) is 14.5. The van der Waals surface area contributed by atoms with Gasteiger partial charge in [0.25, 0.3) is 0 Å². The third kappa shape index (κ3) is 4.91. The number of rotatable bonds is 7. The minimum absolute atomic E-state index is 0.0719. The van der Waals surface area contributed by atoms with E-state index < -0.39 is 0 Å². The topological polar surface area (TPSA) is 54.9 Å². The van der Waals surface area contributed by atoms with Crippen LogP contribution in [0.5, 0.6) is 0 Å². The summed E-state index contributed by atoms with van der Waals surface area (Å²) in [7, 11) is 0. The zero-order chi connectivity index (χ0) is 17.0. The number of amides is 1. The molecule has 0 unspecified atom stereocenters. The van der Waals surface area contributed by atoms with Crippen molar-refractivity contribution in [3.8, 4) is 0 Å². The molecule has 1 N–H and O–H groups in total. The Hall–Kier alpha value is -1.14. The standard InChI is InChI=1S/C17H25N3OS2/c1-10(2)6-7-11(3)20-14(21)8-22-16-15-12(4)13(5)23-17(15)19-9-18-16/h9-11H,6-8H2,1-5H3,(H,20,21)/t11-/m1/s1. The molecule has 0 aliphatic heterocycles. The Morgan fingerprint density at radius 1 is 1.26 bits per heavy atom. The highest BCUT2D eigenvalue weighted by Crippen LogP contribution is 2.34. The van der Waals surface area contributed by atoms with Crippen LogP contribution in [0.3, 0.4) is 0 Å². The fourth-order valence-corrected chi connectivity index (χ4v) is 4.29. The van der Waals surface area contributed by atoms with E-state index in [9.17, 15) is 4.79 Å². The molecule has 0 saturated carbocycles. The molecule has 0 saturated heterocycles. The second kappa shape index (κ2) is 8.11. The van der Waals surface area contributed by atoms with E-state index in [1.807, 2.05) is 0 Å². The van der Waals surface area contributed by atoms with Gasteiger partial charge in [0.2, 0.25) is 5.91 Å². The predicted molar refractivity (Wildman–Crippen MR) is 99.3 cm³/mol. The molecule has 1 atom stereocenters. The summed E-state index contributed by atoms with van der Waals surface area (Å²) in [6.07, 6.45) is 3.74. The molecular weight excluding hydrogens is 326 g/mol. The molecular formula is C17H25N3OS2. The summed E-state index contributed by atoms with van der Waals surface area (Å²) < 4.78 is 0. The van der Waals surface area contributed by atoms with E-state index in [-0.39, 0.29) is 11.9 Å². The summed E-state index contributed by atoms with van der Waals surface area (Å²) in [5.74, 6) is 1.14. The van der Waals surface area contributed by atoms with Crippen LogP contribution in [-0.2, 0) is 4.79 Å². The number of aryl methyl sites for hydroxylation is 2. The maximum Gasteiger partial charge on any atom is 0.230 e. The average molecular weight is 352 g/mol. The smallest absolute Gasteiger partial charge is 0.230 e. The number of thioether (sulfide) groups is 1. The lowest BCUT2D eigenvalue weighted by molar-refractivity contribution is -0.119. The van der Waals surface area contributed by atoms with Crippen molar-refractivity contribution in [1.82, 2.24) is 15.3 Å². The minimum atomic E-state index is 0.0719. The fourth-order valence-electron chi connectivity index (χ4n) is 2.37. The molecule has 6 heteroatoms. The van der Waals surface area contributed by atoms with Gasteiger partial charge in [-0.3, -0.25) is 4.79 Å². The van der Waals surface area contributed by atoms with E-state index >= 15 is 0 Å². The molecule has 0 bridgehead atoms. The first-order valence-corrected chi connectivity index (χ1v) is 9.81. The largest absolute Gasteiger partial charge is 0.353 e. The van der Waals surface area contributed by atoms with Gasteiger partial charge in [0, 0.05) is 16.3 Å². The van der Waals surface area contributed by atoms with E-state index in [1.165, 1.54) is 22.2 Å². The van der Waals surface area contributed by atoms with Crippen LogP contribution in [-0.4, -0.2) is 27.7 Å². The van der Waals surface area contributed by atoms with Crippen LogP contribution in [0.15, 0.2) is 11.4 Å². The van der Waals surface area contributed by atoms with Crippen LogP contribution in [0, 0.1) is 19.8 Å². The molecule has 0 aliphatic carbocycles. The third-order valence-corrected chi connectivity index (χ3v) is 5.96. The van der Waals surface area contributed by atoms with E-state index in [4.69, 9.17) is 0 Å². The molecule has 2 rings (SSSR count). The minimum Gasteiger partial charge on any atom is -0.353 e. The highest BCUT2D eigenvalue weighted by molar-refractivity contribution is 8.00. The molecule has 2 aromatic rings. The molecule has 2 aromatic heterocycles. The van der Waals surface area contributed by atoms with Gasteiger partial charge >= 0.3 is 0 Å². The number of carbonyl (C=O) groups excluding carboxylic acids is 1. The van der Waals surface area contributed by atoms with Crippen LogP contribution in [0.2, 0.25) is 0 Å². The van der Waals surface area contributed by atoms with Crippen LogP contribution in [0.1, 0.15) is 44.1 Å². The lowest BCUT2D eigenvalue weighted by Crippen LogP contribution is -2.34. The first kappa shape index (κ1) is 18.2. The molecule has 2 heterocycles. The number of hydrogen-bond acceptors (Lipinski definition) is 5. The Balaban J connectivity index is 1.94. The number of nitrogens with zero attached hydrogens (tertiary/aromatic N) is 2. The van der Waals surface area contributed by atoms with E-state index in [1.54, 1.807) is 17.7 Å². The van der Waals surface area contributed by atoms with Crippen molar-refractivity contribution < 1.29 is 4.79 Å². The number of thiophene rings is 1. The summed E-state index contributed by atoms with van der Waals surface area (Å²) in [6, 6.07) is 0.223.